The summed E-state index contributed by atoms with van der Waals surface area (Å²) in [6.07, 6.45) is 0. The van der Waals surface area contributed by atoms with E-state index in [-0.39, 0.29) is 12.5 Å². The van der Waals surface area contributed by atoms with Gasteiger partial charge in [0.25, 0.3) is 5.91 Å². The lowest BCUT2D eigenvalue weighted by Crippen LogP contribution is -2.22. The smallest absolute Gasteiger partial charge is 0.336 e. The Labute approximate surface area is 164 Å². The summed E-state index contributed by atoms with van der Waals surface area (Å²) in [5, 5.41) is 3.82. The Morgan fingerprint density at radius 1 is 1.00 bits per heavy atom. The van der Waals surface area contributed by atoms with Crippen LogP contribution in [0.2, 0.25) is 0 Å². The highest BCUT2D eigenvalue weighted by Crippen LogP contribution is 2.32. The zero-order valence-electron chi connectivity index (χ0n) is 16.6. The molecule has 0 unspecified atom stereocenters. The van der Waals surface area contributed by atoms with Crippen molar-refractivity contribution in [1.82, 2.24) is 0 Å². The topological polar surface area (TPSA) is 68.5 Å². The molecule has 3 aromatic rings. The molecule has 0 saturated carbocycles. The van der Waals surface area contributed by atoms with Crippen molar-refractivity contribution in [3.05, 3.63) is 70.1 Å². The number of rotatable bonds is 6. The number of amides is 1. The lowest BCUT2D eigenvalue weighted by atomic mass is 9.92. The highest BCUT2D eigenvalue weighted by atomic mass is 16.5. The number of fused-ring (bicyclic) bond motifs is 1. The molecular weight excluding hydrogens is 354 g/mol. The van der Waals surface area contributed by atoms with Gasteiger partial charge in [-0.15, -0.1) is 0 Å². The first-order chi connectivity index (χ1) is 13.3. The fourth-order valence-corrected chi connectivity index (χ4v) is 3.15. The summed E-state index contributed by atoms with van der Waals surface area (Å²) < 4.78 is 10.8. The van der Waals surface area contributed by atoms with Crippen molar-refractivity contribution in [2.45, 2.75) is 39.5 Å². The maximum atomic E-state index is 12.5. The molecule has 1 heterocycles. The van der Waals surface area contributed by atoms with Gasteiger partial charge in [0, 0.05) is 23.2 Å². The SMILES string of the molecule is CC(C)c1cccc(C(C)C)c1NC(=O)COc1ccc2ccc(=O)oc2c1. The Morgan fingerprint density at radius 3 is 2.29 bits per heavy atom. The van der Waals surface area contributed by atoms with Crippen LogP contribution in [-0.4, -0.2) is 12.5 Å². The van der Waals surface area contributed by atoms with Gasteiger partial charge in [0.1, 0.15) is 11.3 Å². The molecule has 5 nitrogen and oxygen atoms in total. The van der Waals surface area contributed by atoms with E-state index in [1.165, 1.54) is 6.07 Å². The van der Waals surface area contributed by atoms with Gasteiger partial charge in [-0.05, 0) is 41.2 Å². The standard InChI is InChI=1S/C23H25NO4/c1-14(2)18-6-5-7-19(15(3)4)23(18)24-21(25)13-27-17-10-8-16-9-11-22(26)28-20(16)12-17/h5-12,14-15H,13H2,1-4H3,(H,24,25). The molecule has 1 amide bonds. The van der Waals surface area contributed by atoms with Crippen LogP contribution >= 0.6 is 0 Å². The molecule has 3 rings (SSSR count). The minimum atomic E-state index is -0.422. The largest absolute Gasteiger partial charge is 0.484 e. The van der Waals surface area contributed by atoms with Gasteiger partial charge in [-0.3, -0.25) is 4.79 Å². The first-order valence-corrected chi connectivity index (χ1v) is 9.44. The Bertz CT molecular complexity index is 1020. The Morgan fingerprint density at radius 2 is 1.64 bits per heavy atom. The van der Waals surface area contributed by atoms with Gasteiger partial charge in [0.15, 0.2) is 6.61 Å². The number of benzene rings is 2. The van der Waals surface area contributed by atoms with E-state index in [4.69, 9.17) is 9.15 Å². The number of anilines is 1. The van der Waals surface area contributed by atoms with E-state index >= 15 is 0 Å². The normalized spacial score (nSPS) is 11.2. The van der Waals surface area contributed by atoms with Gasteiger partial charge < -0.3 is 14.5 Å². The fraction of sp³-hybridized carbons (Fsp3) is 0.304. The number of nitrogens with one attached hydrogen (secondary N) is 1. The lowest BCUT2D eigenvalue weighted by molar-refractivity contribution is -0.118. The molecule has 0 radical (unpaired) electrons. The summed E-state index contributed by atoms with van der Waals surface area (Å²) in [6.45, 7) is 8.29. The minimum absolute atomic E-state index is 0.132. The van der Waals surface area contributed by atoms with Crippen LogP contribution in [0.25, 0.3) is 11.0 Å². The molecule has 1 aromatic heterocycles. The second kappa shape index (κ2) is 8.30. The second-order valence-corrected chi connectivity index (χ2v) is 7.41. The average Bonchev–Trinajstić information content (AvgIpc) is 2.65. The number of ether oxygens (including phenoxy) is 1. The molecule has 146 valence electrons. The summed E-state index contributed by atoms with van der Waals surface area (Å²) in [6, 6.07) is 14.3. The van der Waals surface area contributed by atoms with Crippen LogP contribution in [0.1, 0.15) is 50.7 Å². The van der Waals surface area contributed by atoms with Crippen LogP contribution in [0, 0.1) is 0 Å². The number of hydrogen-bond donors (Lipinski definition) is 1. The molecule has 0 aliphatic rings. The number of carbonyl (C=O) groups excluding carboxylic acids is 1. The third-order valence-electron chi connectivity index (χ3n) is 4.60. The molecular formula is C23H25NO4. The van der Waals surface area contributed by atoms with Crippen molar-refractivity contribution in [3.8, 4) is 5.75 Å². The third kappa shape index (κ3) is 4.42. The van der Waals surface area contributed by atoms with Gasteiger partial charge in [0.05, 0.1) is 0 Å². The van der Waals surface area contributed by atoms with Crippen LogP contribution in [0.5, 0.6) is 5.75 Å². The fourth-order valence-electron chi connectivity index (χ4n) is 3.15. The highest BCUT2D eigenvalue weighted by Gasteiger charge is 2.16. The van der Waals surface area contributed by atoms with Crippen molar-refractivity contribution in [2.24, 2.45) is 0 Å². The van der Waals surface area contributed by atoms with Crippen LogP contribution in [-0.2, 0) is 4.79 Å². The molecule has 28 heavy (non-hydrogen) atoms. The van der Waals surface area contributed by atoms with E-state index in [1.54, 1.807) is 24.3 Å². The lowest BCUT2D eigenvalue weighted by Gasteiger charge is -2.20. The summed E-state index contributed by atoms with van der Waals surface area (Å²) in [5.74, 6) is 0.819. The molecule has 5 heteroatoms. The molecule has 0 spiro atoms. The number of hydrogen-bond acceptors (Lipinski definition) is 4. The van der Waals surface area contributed by atoms with Crippen molar-refractivity contribution in [3.63, 3.8) is 0 Å². The van der Waals surface area contributed by atoms with Crippen molar-refractivity contribution in [1.29, 1.82) is 0 Å². The third-order valence-corrected chi connectivity index (χ3v) is 4.60. The van der Waals surface area contributed by atoms with E-state index < -0.39 is 5.63 Å². The van der Waals surface area contributed by atoms with Crippen molar-refractivity contribution in [2.75, 3.05) is 11.9 Å². The van der Waals surface area contributed by atoms with E-state index in [9.17, 15) is 9.59 Å². The summed E-state index contributed by atoms with van der Waals surface area (Å²) in [7, 11) is 0. The second-order valence-electron chi connectivity index (χ2n) is 7.41. The van der Waals surface area contributed by atoms with Crippen molar-refractivity contribution >= 4 is 22.6 Å². The van der Waals surface area contributed by atoms with Crippen LogP contribution in [0.3, 0.4) is 0 Å². The van der Waals surface area contributed by atoms with E-state index in [0.29, 0.717) is 23.2 Å². The molecule has 0 atom stereocenters. The van der Waals surface area contributed by atoms with Crippen LogP contribution < -0.4 is 15.7 Å². The molecule has 0 fully saturated rings. The molecule has 0 aliphatic carbocycles. The molecule has 0 bridgehead atoms. The molecule has 0 saturated heterocycles. The quantitative estimate of drug-likeness (QED) is 0.608. The van der Waals surface area contributed by atoms with Gasteiger partial charge >= 0.3 is 5.63 Å². The first-order valence-electron chi connectivity index (χ1n) is 9.44. The van der Waals surface area contributed by atoms with Crippen LogP contribution in [0.4, 0.5) is 5.69 Å². The predicted molar refractivity (Wildman–Crippen MR) is 111 cm³/mol. The predicted octanol–water partition coefficient (Wildman–Crippen LogP) is 5.06. The molecule has 0 aliphatic heterocycles. The van der Waals surface area contributed by atoms with Gasteiger partial charge in [-0.25, -0.2) is 4.79 Å². The maximum absolute atomic E-state index is 12.5. The maximum Gasteiger partial charge on any atom is 0.336 e. The van der Waals surface area contributed by atoms with Gasteiger partial charge in [0.2, 0.25) is 0 Å². The number of para-hydroxylation sites is 1. The van der Waals surface area contributed by atoms with Gasteiger partial charge in [-0.2, -0.15) is 0 Å². The minimum Gasteiger partial charge on any atom is -0.484 e. The monoisotopic (exact) mass is 379 g/mol. The summed E-state index contributed by atoms with van der Waals surface area (Å²) >= 11 is 0. The molecule has 2 aromatic carbocycles. The summed E-state index contributed by atoms with van der Waals surface area (Å²) in [5.41, 5.74) is 3.08. The van der Waals surface area contributed by atoms with E-state index in [1.807, 2.05) is 18.2 Å². The van der Waals surface area contributed by atoms with Crippen molar-refractivity contribution < 1.29 is 13.9 Å². The van der Waals surface area contributed by atoms with E-state index in [0.717, 1.165) is 22.2 Å². The Balaban J connectivity index is 1.75. The zero-order chi connectivity index (χ0) is 20.3. The highest BCUT2D eigenvalue weighted by molar-refractivity contribution is 5.93. The van der Waals surface area contributed by atoms with Gasteiger partial charge in [-0.1, -0.05) is 45.9 Å². The first kappa shape index (κ1) is 19.7. The average molecular weight is 379 g/mol. The number of carbonyl (C=O) groups is 1. The zero-order valence-corrected chi connectivity index (χ0v) is 16.6. The summed E-state index contributed by atoms with van der Waals surface area (Å²) in [4.78, 5) is 23.9. The Kier molecular flexibility index (Phi) is 5.83. The van der Waals surface area contributed by atoms with E-state index in [2.05, 4.69) is 33.0 Å². The van der Waals surface area contributed by atoms with Crippen LogP contribution in [0.15, 0.2) is 57.7 Å². The molecule has 1 N–H and O–H groups in total. The Hall–Kier alpha value is -3.08.